The van der Waals surface area contributed by atoms with Crippen LogP contribution < -0.4 is 0 Å². The second kappa shape index (κ2) is 9.28. The third kappa shape index (κ3) is 4.60. The quantitative estimate of drug-likeness (QED) is 0.376. The molecule has 0 N–H and O–H groups in total. The Morgan fingerprint density at radius 2 is 1.36 bits per heavy atom. The average molecular weight is 444 g/mol. The van der Waals surface area contributed by atoms with Crippen molar-refractivity contribution in [2.45, 2.75) is 31.3 Å². The summed E-state index contributed by atoms with van der Waals surface area (Å²) >= 11 is 0. The normalized spacial score (nSPS) is 16.1. The molecule has 5 heteroatoms. The highest BCUT2D eigenvalue weighted by Gasteiger charge is 2.37. The summed E-state index contributed by atoms with van der Waals surface area (Å²) in [6.45, 7) is 3.17. The lowest BCUT2D eigenvalue weighted by Crippen LogP contribution is -2.43. The molecule has 5 rings (SSSR count). The van der Waals surface area contributed by atoms with Crippen molar-refractivity contribution in [3.63, 3.8) is 0 Å². The summed E-state index contributed by atoms with van der Waals surface area (Å²) in [5.41, 5.74) is 4.48. The minimum absolute atomic E-state index is 0.0328. The first-order chi connectivity index (χ1) is 16.1. The number of aromatic nitrogens is 2. The van der Waals surface area contributed by atoms with Crippen LogP contribution in [-0.4, -0.2) is 27.8 Å². The summed E-state index contributed by atoms with van der Waals surface area (Å²) in [6, 6.07) is 27.7. The Balaban J connectivity index is 1.27. The van der Waals surface area contributed by atoms with E-state index in [4.69, 9.17) is 0 Å². The summed E-state index contributed by atoms with van der Waals surface area (Å²) in [4.78, 5) is 2.45. The van der Waals surface area contributed by atoms with Crippen molar-refractivity contribution in [3.05, 3.63) is 125 Å². The lowest BCUT2D eigenvalue weighted by Gasteiger charge is -2.42. The van der Waals surface area contributed by atoms with Gasteiger partial charge in [0.1, 0.15) is 0 Å². The van der Waals surface area contributed by atoms with Crippen LogP contribution in [0, 0.1) is 11.6 Å². The van der Waals surface area contributed by atoms with Gasteiger partial charge in [0.15, 0.2) is 11.6 Å². The summed E-state index contributed by atoms with van der Waals surface area (Å²) in [6.07, 6.45) is 4.01. The van der Waals surface area contributed by atoms with E-state index in [-0.39, 0.29) is 5.41 Å². The minimum Gasteiger partial charge on any atom is -0.297 e. The Hall–Kier alpha value is -3.31. The van der Waals surface area contributed by atoms with Crippen LogP contribution in [0.1, 0.15) is 35.2 Å². The van der Waals surface area contributed by atoms with Crippen molar-refractivity contribution in [2.75, 3.05) is 13.1 Å². The monoisotopic (exact) mass is 443 g/mol. The van der Waals surface area contributed by atoms with Crippen LogP contribution in [0.2, 0.25) is 0 Å². The molecule has 0 unspecified atom stereocenters. The van der Waals surface area contributed by atoms with Crippen molar-refractivity contribution >= 4 is 0 Å². The third-order valence-corrected chi connectivity index (χ3v) is 6.77. The first-order valence-electron chi connectivity index (χ1n) is 11.4. The number of likely N-dealkylation sites (tertiary alicyclic amines) is 1. The lowest BCUT2D eigenvalue weighted by molar-refractivity contribution is 0.170. The number of benzene rings is 3. The molecule has 3 aromatic carbocycles. The Morgan fingerprint density at radius 1 is 0.727 bits per heavy atom. The Morgan fingerprint density at radius 3 is 1.97 bits per heavy atom. The molecule has 0 radical (unpaired) electrons. The van der Waals surface area contributed by atoms with Crippen LogP contribution in [0.4, 0.5) is 8.78 Å². The van der Waals surface area contributed by atoms with Crippen LogP contribution in [-0.2, 0) is 18.5 Å². The molecule has 3 nitrogen and oxygen atoms in total. The first kappa shape index (κ1) is 21.5. The van der Waals surface area contributed by atoms with E-state index in [0.717, 1.165) is 44.2 Å². The first-order valence-corrected chi connectivity index (χ1v) is 11.4. The highest BCUT2D eigenvalue weighted by atomic mass is 19.2. The van der Waals surface area contributed by atoms with Gasteiger partial charge in [-0.25, -0.2) is 8.78 Å². The smallest absolute Gasteiger partial charge is 0.159 e. The number of piperidine rings is 1. The molecular weight excluding hydrogens is 416 g/mol. The van der Waals surface area contributed by atoms with Crippen molar-refractivity contribution in [1.82, 2.24) is 14.7 Å². The van der Waals surface area contributed by atoms with E-state index >= 15 is 0 Å². The van der Waals surface area contributed by atoms with E-state index < -0.39 is 11.6 Å². The second-order valence-electron chi connectivity index (χ2n) is 8.84. The Labute approximate surface area is 193 Å². The molecule has 0 aliphatic carbocycles. The number of nitrogens with zero attached hydrogens (tertiary/aromatic N) is 3. The number of rotatable bonds is 6. The molecule has 0 amide bonds. The fraction of sp³-hybridized carbons (Fsp3) is 0.250. The number of hydrogen-bond acceptors (Lipinski definition) is 2. The molecule has 168 valence electrons. The van der Waals surface area contributed by atoms with E-state index in [1.807, 2.05) is 12.3 Å². The molecule has 1 aromatic heterocycles. The molecule has 0 saturated carbocycles. The molecular formula is C28H27F2N3. The highest BCUT2D eigenvalue weighted by molar-refractivity contribution is 5.40. The fourth-order valence-electron chi connectivity index (χ4n) is 4.98. The predicted molar refractivity (Wildman–Crippen MR) is 126 cm³/mol. The Bertz CT molecular complexity index is 1150. The summed E-state index contributed by atoms with van der Waals surface area (Å²) in [7, 11) is 0. The van der Waals surface area contributed by atoms with Gasteiger partial charge in [-0.1, -0.05) is 66.7 Å². The van der Waals surface area contributed by atoms with Gasteiger partial charge in [0.05, 0.1) is 12.2 Å². The van der Waals surface area contributed by atoms with Gasteiger partial charge in [0, 0.05) is 18.2 Å². The van der Waals surface area contributed by atoms with Gasteiger partial charge in [-0.15, -0.1) is 0 Å². The van der Waals surface area contributed by atoms with Crippen LogP contribution in [0.5, 0.6) is 0 Å². The molecule has 1 saturated heterocycles. The molecule has 0 bridgehead atoms. The Kier molecular flexibility index (Phi) is 6.05. The van der Waals surface area contributed by atoms with Crippen LogP contribution >= 0.6 is 0 Å². The predicted octanol–water partition coefficient (Wildman–Crippen LogP) is 5.79. The molecule has 2 heterocycles. The minimum atomic E-state index is -0.827. The van der Waals surface area contributed by atoms with Gasteiger partial charge in [0.25, 0.3) is 0 Å². The molecule has 0 atom stereocenters. The van der Waals surface area contributed by atoms with Crippen molar-refractivity contribution < 1.29 is 8.78 Å². The molecule has 0 spiro atoms. The largest absolute Gasteiger partial charge is 0.297 e. The fourth-order valence-corrected chi connectivity index (χ4v) is 4.98. The molecule has 33 heavy (non-hydrogen) atoms. The van der Waals surface area contributed by atoms with Gasteiger partial charge in [-0.3, -0.25) is 9.58 Å². The molecule has 1 aliphatic heterocycles. The zero-order valence-corrected chi connectivity index (χ0v) is 18.5. The lowest BCUT2D eigenvalue weighted by atomic mass is 9.68. The number of hydrogen-bond donors (Lipinski definition) is 0. The number of halogens is 2. The summed E-state index contributed by atoms with van der Waals surface area (Å²) in [5.74, 6) is -1.65. The van der Waals surface area contributed by atoms with E-state index in [2.05, 4.69) is 70.7 Å². The van der Waals surface area contributed by atoms with E-state index in [1.165, 1.54) is 17.2 Å². The van der Waals surface area contributed by atoms with E-state index in [9.17, 15) is 8.78 Å². The third-order valence-electron chi connectivity index (χ3n) is 6.77. The SMILES string of the molecule is Fc1ccc(Cn2ccc(CN3CCC(c4ccccc4)(c4ccccc4)CC3)n2)cc1F. The van der Waals surface area contributed by atoms with Crippen LogP contribution in [0.3, 0.4) is 0 Å². The summed E-state index contributed by atoms with van der Waals surface area (Å²) < 4.78 is 28.4. The molecule has 1 aliphatic rings. The highest BCUT2D eigenvalue weighted by Crippen LogP contribution is 2.41. The van der Waals surface area contributed by atoms with Crippen LogP contribution in [0.25, 0.3) is 0 Å². The standard InChI is InChI=1S/C28H27F2N3/c29-26-12-11-22(19-27(26)30)20-33-16-13-25(31-33)21-32-17-14-28(15-18-32,23-7-3-1-4-8-23)24-9-5-2-6-10-24/h1-13,16,19H,14-15,17-18,20-21H2. The maximum Gasteiger partial charge on any atom is 0.159 e. The van der Waals surface area contributed by atoms with Gasteiger partial charge < -0.3 is 0 Å². The topological polar surface area (TPSA) is 21.1 Å². The summed E-state index contributed by atoms with van der Waals surface area (Å²) in [5, 5.41) is 4.66. The van der Waals surface area contributed by atoms with Gasteiger partial charge in [-0.2, -0.15) is 5.10 Å². The molecule has 1 fully saturated rings. The van der Waals surface area contributed by atoms with Crippen molar-refractivity contribution in [3.8, 4) is 0 Å². The maximum atomic E-state index is 13.5. The van der Waals surface area contributed by atoms with E-state index in [1.54, 1.807) is 10.7 Å². The van der Waals surface area contributed by atoms with Gasteiger partial charge in [-0.05, 0) is 60.8 Å². The zero-order chi connectivity index (χ0) is 22.7. The van der Waals surface area contributed by atoms with Crippen molar-refractivity contribution in [2.24, 2.45) is 0 Å². The van der Waals surface area contributed by atoms with Gasteiger partial charge >= 0.3 is 0 Å². The van der Waals surface area contributed by atoms with Gasteiger partial charge in [0.2, 0.25) is 0 Å². The average Bonchev–Trinajstić information content (AvgIpc) is 3.30. The van der Waals surface area contributed by atoms with Crippen molar-refractivity contribution in [1.29, 1.82) is 0 Å². The molecule has 4 aromatic rings. The van der Waals surface area contributed by atoms with E-state index in [0.29, 0.717) is 12.1 Å². The second-order valence-corrected chi connectivity index (χ2v) is 8.84. The maximum absolute atomic E-state index is 13.5. The zero-order valence-electron chi connectivity index (χ0n) is 18.5. The van der Waals surface area contributed by atoms with Crippen LogP contribution in [0.15, 0.2) is 91.1 Å².